The highest BCUT2D eigenvalue weighted by Crippen LogP contribution is 2.32. The van der Waals surface area contributed by atoms with Crippen molar-refractivity contribution in [3.63, 3.8) is 0 Å². The molecule has 0 spiro atoms. The molecule has 1 aliphatic rings. The SMILES string of the molecule is CC1Cc2cccc(C(=O)C(=O)O)c2O1. The first-order valence-electron chi connectivity index (χ1n) is 4.65. The number of aliphatic carboxylic acids is 1. The Morgan fingerprint density at radius 2 is 2.20 bits per heavy atom. The molecular formula is C11H10O4. The Morgan fingerprint density at radius 3 is 2.87 bits per heavy atom. The maximum Gasteiger partial charge on any atom is 0.377 e. The lowest BCUT2D eigenvalue weighted by Crippen LogP contribution is -2.14. The molecular weight excluding hydrogens is 196 g/mol. The van der Waals surface area contributed by atoms with Gasteiger partial charge in [0.05, 0.1) is 5.56 Å². The van der Waals surface area contributed by atoms with E-state index in [-0.39, 0.29) is 11.7 Å². The zero-order valence-corrected chi connectivity index (χ0v) is 8.19. The lowest BCUT2D eigenvalue weighted by Gasteiger charge is -2.06. The number of Topliss-reactive ketones (excluding diaryl/α,β-unsaturated/α-hetero) is 1. The second kappa shape index (κ2) is 3.38. The topological polar surface area (TPSA) is 63.6 Å². The highest BCUT2D eigenvalue weighted by Gasteiger charge is 2.27. The Bertz CT molecular complexity index is 436. The zero-order chi connectivity index (χ0) is 11.0. The van der Waals surface area contributed by atoms with Crippen molar-refractivity contribution in [2.75, 3.05) is 0 Å². The van der Waals surface area contributed by atoms with Crippen molar-refractivity contribution >= 4 is 11.8 Å². The van der Waals surface area contributed by atoms with E-state index in [1.54, 1.807) is 6.07 Å². The van der Waals surface area contributed by atoms with Crippen LogP contribution in [0, 0.1) is 0 Å². The van der Waals surface area contributed by atoms with Gasteiger partial charge in [0.25, 0.3) is 5.78 Å². The standard InChI is InChI=1S/C11H10O4/c1-6-5-7-3-2-4-8(10(7)15-6)9(12)11(13)14/h2-4,6H,5H2,1H3,(H,13,14). The van der Waals surface area contributed by atoms with Gasteiger partial charge in [0, 0.05) is 6.42 Å². The van der Waals surface area contributed by atoms with Gasteiger partial charge in [0.2, 0.25) is 0 Å². The highest BCUT2D eigenvalue weighted by molar-refractivity contribution is 6.40. The number of ketones is 1. The summed E-state index contributed by atoms with van der Waals surface area (Å²) < 4.78 is 5.43. The molecule has 2 rings (SSSR count). The van der Waals surface area contributed by atoms with E-state index in [0.29, 0.717) is 5.75 Å². The zero-order valence-electron chi connectivity index (χ0n) is 8.19. The highest BCUT2D eigenvalue weighted by atomic mass is 16.5. The van der Waals surface area contributed by atoms with Crippen LogP contribution in [0.2, 0.25) is 0 Å². The number of carboxylic acid groups (broad SMARTS) is 1. The molecule has 1 aliphatic heterocycles. The smallest absolute Gasteiger partial charge is 0.377 e. The molecule has 0 aromatic heterocycles. The van der Waals surface area contributed by atoms with Crippen LogP contribution in [0.4, 0.5) is 0 Å². The van der Waals surface area contributed by atoms with E-state index in [1.807, 2.05) is 13.0 Å². The average molecular weight is 206 g/mol. The van der Waals surface area contributed by atoms with Crippen LogP contribution in [-0.4, -0.2) is 23.0 Å². The Kier molecular flexibility index (Phi) is 2.19. The molecule has 78 valence electrons. The molecule has 1 heterocycles. The number of para-hydroxylation sites is 1. The molecule has 0 radical (unpaired) electrons. The Balaban J connectivity index is 2.47. The predicted molar refractivity (Wildman–Crippen MR) is 52.2 cm³/mol. The molecule has 0 amide bonds. The van der Waals surface area contributed by atoms with Gasteiger partial charge in [-0.2, -0.15) is 0 Å². The van der Waals surface area contributed by atoms with Crippen molar-refractivity contribution in [2.24, 2.45) is 0 Å². The average Bonchev–Trinajstić information content (AvgIpc) is 2.56. The minimum Gasteiger partial charge on any atom is -0.489 e. The molecule has 0 saturated heterocycles. The monoisotopic (exact) mass is 206 g/mol. The Hall–Kier alpha value is -1.84. The summed E-state index contributed by atoms with van der Waals surface area (Å²) in [6, 6.07) is 5.00. The third-order valence-electron chi connectivity index (χ3n) is 2.36. The molecule has 1 aromatic carbocycles. The predicted octanol–water partition coefficient (Wildman–Crippen LogP) is 1.28. The molecule has 0 saturated carbocycles. The van der Waals surface area contributed by atoms with E-state index in [1.165, 1.54) is 6.07 Å². The number of hydrogen-bond acceptors (Lipinski definition) is 3. The molecule has 1 aromatic rings. The molecule has 1 atom stereocenters. The third kappa shape index (κ3) is 1.58. The van der Waals surface area contributed by atoms with Crippen molar-refractivity contribution in [1.82, 2.24) is 0 Å². The fourth-order valence-corrected chi connectivity index (χ4v) is 1.73. The van der Waals surface area contributed by atoms with Crippen molar-refractivity contribution in [3.05, 3.63) is 29.3 Å². The fourth-order valence-electron chi connectivity index (χ4n) is 1.73. The first kappa shape index (κ1) is 9.71. The molecule has 1 unspecified atom stereocenters. The molecule has 1 N–H and O–H groups in total. The van der Waals surface area contributed by atoms with E-state index in [2.05, 4.69) is 0 Å². The van der Waals surface area contributed by atoms with Crippen LogP contribution < -0.4 is 4.74 Å². The van der Waals surface area contributed by atoms with Gasteiger partial charge in [0.1, 0.15) is 11.9 Å². The quantitative estimate of drug-likeness (QED) is 0.584. The number of fused-ring (bicyclic) bond motifs is 1. The molecule has 15 heavy (non-hydrogen) atoms. The van der Waals surface area contributed by atoms with Crippen molar-refractivity contribution in [2.45, 2.75) is 19.4 Å². The molecule has 0 bridgehead atoms. The number of ether oxygens (including phenoxy) is 1. The summed E-state index contributed by atoms with van der Waals surface area (Å²) >= 11 is 0. The van der Waals surface area contributed by atoms with Crippen LogP contribution in [0.1, 0.15) is 22.8 Å². The van der Waals surface area contributed by atoms with Gasteiger partial charge in [-0.1, -0.05) is 12.1 Å². The van der Waals surface area contributed by atoms with E-state index in [9.17, 15) is 9.59 Å². The minimum absolute atomic E-state index is 0.00254. The number of carboxylic acids is 1. The minimum atomic E-state index is -1.45. The van der Waals surface area contributed by atoms with Crippen LogP contribution in [-0.2, 0) is 11.2 Å². The van der Waals surface area contributed by atoms with Gasteiger partial charge < -0.3 is 9.84 Å². The lowest BCUT2D eigenvalue weighted by molar-refractivity contribution is -0.131. The first-order chi connectivity index (χ1) is 7.09. The maximum absolute atomic E-state index is 11.3. The summed E-state index contributed by atoms with van der Waals surface area (Å²) in [6.07, 6.45) is 0.721. The number of hydrogen-bond donors (Lipinski definition) is 1. The van der Waals surface area contributed by atoms with E-state index in [0.717, 1.165) is 12.0 Å². The Morgan fingerprint density at radius 1 is 1.47 bits per heavy atom. The number of rotatable bonds is 2. The van der Waals surface area contributed by atoms with Gasteiger partial charge in [-0.15, -0.1) is 0 Å². The first-order valence-corrected chi connectivity index (χ1v) is 4.65. The summed E-state index contributed by atoms with van der Waals surface area (Å²) in [6.45, 7) is 1.88. The van der Waals surface area contributed by atoms with Crippen LogP contribution >= 0.6 is 0 Å². The summed E-state index contributed by atoms with van der Waals surface area (Å²) in [5.41, 5.74) is 1.04. The van der Waals surface area contributed by atoms with Gasteiger partial charge >= 0.3 is 5.97 Å². The molecule has 0 fully saturated rings. The Labute approximate surface area is 86.5 Å². The van der Waals surface area contributed by atoms with Crippen LogP contribution in [0.3, 0.4) is 0 Å². The third-order valence-corrected chi connectivity index (χ3v) is 2.36. The second-order valence-corrected chi connectivity index (χ2v) is 3.56. The molecule has 0 aliphatic carbocycles. The molecule has 4 nitrogen and oxygen atoms in total. The van der Waals surface area contributed by atoms with E-state index >= 15 is 0 Å². The summed E-state index contributed by atoms with van der Waals surface area (Å²) in [4.78, 5) is 21.9. The van der Waals surface area contributed by atoms with Crippen molar-refractivity contribution < 1.29 is 19.4 Å². The summed E-state index contributed by atoms with van der Waals surface area (Å²) in [7, 11) is 0. The van der Waals surface area contributed by atoms with Crippen LogP contribution in [0.15, 0.2) is 18.2 Å². The van der Waals surface area contributed by atoms with E-state index in [4.69, 9.17) is 9.84 Å². The van der Waals surface area contributed by atoms with Crippen LogP contribution in [0.5, 0.6) is 5.75 Å². The van der Waals surface area contributed by atoms with Crippen molar-refractivity contribution in [1.29, 1.82) is 0 Å². The van der Waals surface area contributed by atoms with Crippen molar-refractivity contribution in [3.8, 4) is 5.75 Å². The van der Waals surface area contributed by atoms with E-state index < -0.39 is 11.8 Å². The van der Waals surface area contributed by atoms with Crippen LogP contribution in [0.25, 0.3) is 0 Å². The fraction of sp³-hybridized carbons (Fsp3) is 0.273. The second-order valence-electron chi connectivity index (χ2n) is 3.56. The van der Waals surface area contributed by atoms with Gasteiger partial charge in [-0.25, -0.2) is 4.79 Å². The summed E-state index contributed by atoms with van der Waals surface area (Å²) in [5.74, 6) is -1.94. The number of carbonyl (C=O) groups is 2. The van der Waals surface area contributed by atoms with Gasteiger partial charge in [-0.3, -0.25) is 4.79 Å². The number of benzene rings is 1. The largest absolute Gasteiger partial charge is 0.489 e. The van der Waals surface area contributed by atoms with Gasteiger partial charge in [0.15, 0.2) is 0 Å². The molecule has 4 heteroatoms. The van der Waals surface area contributed by atoms with Gasteiger partial charge in [-0.05, 0) is 18.6 Å². The normalized spacial score (nSPS) is 18.1. The maximum atomic E-state index is 11.3. The summed E-state index contributed by atoms with van der Waals surface area (Å²) in [5, 5.41) is 8.63. The lowest BCUT2D eigenvalue weighted by atomic mass is 10.0. The number of carbonyl (C=O) groups excluding carboxylic acids is 1.